The highest BCUT2D eigenvalue weighted by atomic mass is 19.4. The molecule has 2 N–H and O–H groups in total. The molecule has 1 aliphatic rings. The number of ether oxygens (including phenoxy) is 3. The van der Waals surface area contributed by atoms with Crippen LogP contribution in [0.15, 0.2) is 66.9 Å². The molecule has 1 aliphatic heterocycles. The lowest BCUT2D eigenvalue weighted by Gasteiger charge is -2.27. The molecule has 194 valence electrons. The Morgan fingerprint density at radius 1 is 1.08 bits per heavy atom. The van der Waals surface area contributed by atoms with Crippen molar-refractivity contribution in [3.8, 4) is 17.2 Å². The maximum absolute atomic E-state index is 13.4. The molecule has 37 heavy (non-hydrogen) atoms. The lowest BCUT2D eigenvalue weighted by Crippen LogP contribution is -2.59. The van der Waals surface area contributed by atoms with Crippen molar-refractivity contribution in [1.82, 2.24) is 15.6 Å². The van der Waals surface area contributed by atoms with Crippen LogP contribution in [0, 0.1) is 0 Å². The number of hydrogen-bond acceptors (Lipinski definition) is 6. The number of halogens is 3. The fraction of sp³-hybridized carbons (Fsp3) is 0.269. The normalized spacial score (nSPS) is 17.2. The van der Waals surface area contributed by atoms with Crippen LogP contribution >= 0.6 is 0 Å². The van der Waals surface area contributed by atoms with Crippen molar-refractivity contribution in [3.05, 3.63) is 83.7 Å². The second kappa shape index (κ2) is 10.9. The zero-order valence-corrected chi connectivity index (χ0v) is 19.8. The Morgan fingerprint density at radius 3 is 2.46 bits per heavy atom. The highest BCUT2D eigenvalue weighted by molar-refractivity contribution is 5.98. The molecule has 8 nitrogen and oxygen atoms in total. The number of nitrogens with one attached hydrogen (secondary N) is 2. The van der Waals surface area contributed by atoms with Gasteiger partial charge in [-0.1, -0.05) is 18.2 Å². The summed E-state index contributed by atoms with van der Waals surface area (Å²) in [5, 5.41) is 5.54. The SMILES string of the molecule is COc1ccc(Oc2ccc(CNC(=O)C3(NC(=O)c4ccccn4)CCOC3)cc2)c(C(F)(F)F)c1. The molecule has 1 fully saturated rings. The van der Waals surface area contributed by atoms with E-state index in [4.69, 9.17) is 14.2 Å². The van der Waals surface area contributed by atoms with Crippen LogP contribution in [0.4, 0.5) is 13.2 Å². The summed E-state index contributed by atoms with van der Waals surface area (Å²) in [6.45, 7) is 0.456. The van der Waals surface area contributed by atoms with E-state index < -0.39 is 29.1 Å². The molecule has 1 aromatic heterocycles. The molecule has 0 spiro atoms. The Labute approximate surface area is 210 Å². The number of methoxy groups -OCH3 is 1. The third-order valence-electron chi connectivity index (χ3n) is 5.80. The lowest BCUT2D eigenvalue weighted by atomic mass is 9.96. The second-order valence-electron chi connectivity index (χ2n) is 8.34. The number of alkyl halides is 3. The van der Waals surface area contributed by atoms with Crippen molar-refractivity contribution in [1.29, 1.82) is 0 Å². The minimum atomic E-state index is -4.63. The van der Waals surface area contributed by atoms with Crippen LogP contribution in [0.5, 0.6) is 17.2 Å². The van der Waals surface area contributed by atoms with E-state index in [1.54, 1.807) is 30.3 Å². The Balaban J connectivity index is 1.40. The van der Waals surface area contributed by atoms with Crippen molar-refractivity contribution >= 4 is 11.8 Å². The summed E-state index contributed by atoms with van der Waals surface area (Å²) in [4.78, 5) is 29.6. The standard InChI is InChI=1S/C26H24F3N3O5/c1-35-19-9-10-22(20(14-19)26(27,28)29)37-18-7-5-17(6-8-18)15-31-24(34)25(11-13-36-16-25)32-23(33)21-4-2-3-12-30-21/h2-10,12,14H,11,13,15-16H2,1H3,(H,31,34)(H,32,33). The van der Waals surface area contributed by atoms with E-state index in [1.165, 1.54) is 37.6 Å². The van der Waals surface area contributed by atoms with Gasteiger partial charge in [0, 0.05) is 25.8 Å². The van der Waals surface area contributed by atoms with Crippen LogP contribution in [0.25, 0.3) is 0 Å². The summed E-state index contributed by atoms with van der Waals surface area (Å²) < 4.78 is 56.0. The molecule has 0 aliphatic carbocycles. The minimum absolute atomic E-state index is 0.0214. The minimum Gasteiger partial charge on any atom is -0.497 e. The van der Waals surface area contributed by atoms with Gasteiger partial charge >= 0.3 is 6.18 Å². The zero-order valence-electron chi connectivity index (χ0n) is 19.8. The summed E-state index contributed by atoms with van der Waals surface area (Å²) in [6.07, 6.45) is -2.84. The molecule has 1 saturated heterocycles. The molecule has 0 saturated carbocycles. The zero-order chi connectivity index (χ0) is 26.5. The Bertz CT molecular complexity index is 1240. The van der Waals surface area contributed by atoms with E-state index in [0.717, 1.165) is 6.07 Å². The van der Waals surface area contributed by atoms with Crippen LogP contribution in [0.3, 0.4) is 0 Å². The van der Waals surface area contributed by atoms with Gasteiger partial charge in [-0.05, 0) is 48.0 Å². The van der Waals surface area contributed by atoms with E-state index in [9.17, 15) is 22.8 Å². The largest absolute Gasteiger partial charge is 0.497 e. The molecule has 2 heterocycles. The number of rotatable bonds is 8. The number of amides is 2. The first-order chi connectivity index (χ1) is 17.7. The summed E-state index contributed by atoms with van der Waals surface area (Å²) in [5.74, 6) is -1.01. The predicted molar refractivity (Wildman–Crippen MR) is 126 cm³/mol. The van der Waals surface area contributed by atoms with Crippen molar-refractivity contribution in [2.45, 2.75) is 24.7 Å². The average Bonchev–Trinajstić information content (AvgIpc) is 3.38. The van der Waals surface area contributed by atoms with Crippen LogP contribution in [-0.4, -0.2) is 42.7 Å². The molecule has 4 rings (SSSR count). The van der Waals surface area contributed by atoms with Gasteiger partial charge in [-0.15, -0.1) is 0 Å². The first kappa shape index (κ1) is 26.0. The average molecular weight is 515 g/mol. The predicted octanol–water partition coefficient (Wildman–Crippen LogP) is 4.11. The fourth-order valence-electron chi connectivity index (χ4n) is 3.78. The topological polar surface area (TPSA) is 98.8 Å². The molecule has 11 heteroatoms. The van der Waals surface area contributed by atoms with Crippen LogP contribution in [-0.2, 0) is 22.3 Å². The Hall–Kier alpha value is -4.12. The van der Waals surface area contributed by atoms with E-state index in [0.29, 0.717) is 18.6 Å². The first-order valence-corrected chi connectivity index (χ1v) is 11.3. The van der Waals surface area contributed by atoms with Crippen molar-refractivity contribution < 1.29 is 37.0 Å². The highest BCUT2D eigenvalue weighted by Gasteiger charge is 2.44. The third kappa shape index (κ3) is 6.18. The molecule has 2 aromatic carbocycles. The van der Waals surface area contributed by atoms with Gasteiger partial charge in [-0.3, -0.25) is 14.6 Å². The van der Waals surface area contributed by atoms with Gasteiger partial charge in [0.05, 0.1) is 13.7 Å². The number of aromatic nitrogens is 1. The molecule has 2 amide bonds. The monoisotopic (exact) mass is 515 g/mol. The highest BCUT2D eigenvalue weighted by Crippen LogP contribution is 2.40. The number of benzene rings is 2. The fourth-order valence-corrected chi connectivity index (χ4v) is 3.78. The third-order valence-corrected chi connectivity index (χ3v) is 5.80. The summed E-state index contributed by atoms with van der Waals surface area (Å²) in [5.41, 5.74) is -1.33. The Morgan fingerprint density at radius 2 is 1.84 bits per heavy atom. The number of carbonyl (C=O) groups is 2. The van der Waals surface area contributed by atoms with Crippen LogP contribution < -0.4 is 20.1 Å². The Kier molecular flexibility index (Phi) is 7.63. The molecule has 0 bridgehead atoms. The first-order valence-electron chi connectivity index (χ1n) is 11.3. The van der Waals surface area contributed by atoms with Crippen LogP contribution in [0.1, 0.15) is 28.0 Å². The van der Waals surface area contributed by atoms with E-state index in [-0.39, 0.29) is 36.1 Å². The summed E-state index contributed by atoms with van der Waals surface area (Å²) in [6, 6.07) is 14.6. The number of hydrogen-bond donors (Lipinski definition) is 2. The quantitative estimate of drug-likeness (QED) is 0.469. The number of pyridine rings is 1. The molecule has 0 radical (unpaired) electrons. The van der Waals surface area contributed by atoms with E-state index in [2.05, 4.69) is 15.6 Å². The maximum Gasteiger partial charge on any atom is 0.420 e. The van der Waals surface area contributed by atoms with Crippen molar-refractivity contribution in [2.75, 3.05) is 20.3 Å². The summed E-state index contributed by atoms with van der Waals surface area (Å²) >= 11 is 0. The van der Waals surface area contributed by atoms with Crippen molar-refractivity contribution in [2.24, 2.45) is 0 Å². The van der Waals surface area contributed by atoms with Crippen LogP contribution in [0.2, 0.25) is 0 Å². The van der Waals surface area contributed by atoms with E-state index >= 15 is 0 Å². The molecular formula is C26H24F3N3O5. The van der Waals surface area contributed by atoms with Gasteiger partial charge < -0.3 is 24.8 Å². The van der Waals surface area contributed by atoms with E-state index in [1.807, 2.05) is 0 Å². The molecule has 1 atom stereocenters. The summed E-state index contributed by atoms with van der Waals surface area (Å²) in [7, 11) is 1.28. The van der Waals surface area contributed by atoms with Gasteiger partial charge in [0.2, 0.25) is 5.91 Å². The van der Waals surface area contributed by atoms with Gasteiger partial charge in [0.25, 0.3) is 5.91 Å². The van der Waals surface area contributed by atoms with Gasteiger partial charge in [0.15, 0.2) is 0 Å². The van der Waals surface area contributed by atoms with Gasteiger partial charge in [0.1, 0.15) is 34.0 Å². The number of nitrogens with zero attached hydrogens (tertiary/aromatic N) is 1. The smallest absolute Gasteiger partial charge is 0.420 e. The van der Waals surface area contributed by atoms with Gasteiger partial charge in [-0.25, -0.2) is 0 Å². The lowest BCUT2D eigenvalue weighted by molar-refractivity contribution is -0.138. The van der Waals surface area contributed by atoms with Crippen molar-refractivity contribution in [3.63, 3.8) is 0 Å². The maximum atomic E-state index is 13.4. The van der Waals surface area contributed by atoms with Gasteiger partial charge in [-0.2, -0.15) is 13.2 Å². The molecule has 3 aromatic rings. The molecule has 1 unspecified atom stereocenters. The molecular weight excluding hydrogens is 491 g/mol. The second-order valence-corrected chi connectivity index (χ2v) is 8.34. The number of carbonyl (C=O) groups excluding carboxylic acids is 2.